The van der Waals surface area contributed by atoms with Gasteiger partial charge >= 0.3 is 0 Å². The Morgan fingerprint density at radius 2 is 1.36 bits per heavy atom. The summed E-state index contributed by atoms with van der Waals surface area (Å²) >= 11 is 0. The highest BCUT2D eigenvalue weighted by atomic mass is 14.7. The molecule has 1 heterocycles. The van der Waals surface area contributed by atoms with Gasteiger partial charge in [0.15, 0.2) is 0 Å². The fourth-order valence-electron chi connectivity index (χ4n) is 4.64. The van der Waals surface area contributed by atoms with Gasteiger partial charge in [0.1, 0.15) is 0 Å². The van der Waals surface area contributed by atoms with Crippen molar-refractivity contribution in [3.05, 3.63) is 53.7 Å². The number of unbranched alkanes of at least 4 members (excludes halogenated alkanes) is 2. The number of aromatic nitrogens is 1. The van der Waals surface area contributed by atoms with Gasteiger partial charge in [0, 0.05) is 11.8 Å². The molecule has 0 N–H and O–H groups in total. The standard InChI is InChI=1S/C27H39N/c1-3-5-7-22-9-11-24(12-10-22)13-14-25-17-20-27(28-21-25)26-18-15-23(16-19-26)8-6-4-2/h15-22,24H,3-14H2,1-2H3/t22-,24-. The van der Waals surface area contributed by atoms with Crippen molar-refractivity contribution in [1.82, 2.24) is 4.98 Å². The summed E-state index contributed by atoms with van der Waals surface area (Å²) in [5.41, 5.74) is 5.17. The number of hydrogen-bond acceptors (Lipinski definition) is 1. The first-order valence-corrected chi connectivity index (χ1v) is 11.8. The zero-order valence-corrected chi connectivity index (χ0v) is 18.1. The summed E-state index contributed by atoms with van der Waals surface area (Å²) in [4.78, 5) is 4.75. The summed E-state index contributed by atoms with van der Waals surface area (Å²) in [6, 6.07) is 13.5. The second-order valence-electron chi connectivity index (χ2n) is 8.92. The van der Waals surface area contributed by atoms with Crippen LogP contribution in [0.1, 0.15) is 89.2 Å². The molecule has 0 unspecified atom stereocenters. The Balaban J connectivity index is 1.44. The molecule has 1 nitrogen and oxygen atoms in total. The Bertz CT molecular complexity index is 662. The largest absolute Gasteiger partial charge is 0.256 e. The lowest BCUT2D eigenvalue weighted by molar-refractivity contribution is 0.250. The molecule has 3 rings (SSSR count). The average Bonchev–Trinajstić information content (AvgIpc) is 2.76. The lowest BCUT2D eigenvalue weighted by Gasteiger charge is -2.28. The maximum absolute atomic E-state index is 4.75. The fourth-order valence-corrected chi connectivity index (χ4v) is 4.64. The highest BCUT2D eigenvalue weighted by Crippen LogP contribution is 2.34. The number of hydrogen-bond donors (Lipinski definition) is 0. The average molecular weight is 378 g/mol. The van der Waals surface area contributed by atoms with Gasteiger partial charge in [0.25, 0.3) is 0 Å². The van der Waals surface area contributed by atoms with E-state index in [-0.39, 0.29) is 0 Å². The smallest absolute Gasteiger partial charge is 0.0702 e. The summed E-state index contributed by atoms with van der Waals surface area (Å²) in [6.07, 6.45) is 18.4. The van der Waals surface area contributed by atoms with E-state index in [0.29, 0.717) is 0 Å². The van der Waals surface area contributed by atoms with Crippen LogP contribution in [0, 0.1) is 11.8 Å². The summed E-state index contributed by atoms with van der Waals surface area (Å²) in [5, 5.41) is 0. The van der Waals surface area contributed by atoms with Crippen molar-refractivity contribution >= 4 is 0 Å². The van der Waals surface area contributed by atoms with Crippen LogP contribution in [0.15, 0.2) is 42.6 Å². The van der Waals surface area contributed by atoms with E-state index in [1.54, 1.807) is 0 Å². The lowest BCUT2D eigenvalue weighted by Crippen LogP contribution is -2.15. The number of benzene rings is 1. The molecule has 0 saturated heterocycles. The topological polar surface area (TPSA) is 12.9 Å². The number of pyridine rings is 1. The van der Waals surface area contributed by atoms with Gasteiger partial charge < -0.3 is 0 Å². The van der Waals surface area contributed by atoms with Crippen LogP contribution >= 0.6 is 0 Å². The third kappa shape index (κ3) is 6.47. The molecule has 152 valence electrons. The van der Waals surface area contributed by atoms with Crippen molar-refractivity contribution in [2.45, 2.75) is 90.9 Å². The third-order valence-corrected chi connectivity index (χ3v) is 6.67. The molecule has 0 amide bonds. The van der Waals surface area contributed by atoms with Crippen molar-refractivity contribution in [1.29, 1.82) is 0 Å². The SMILES string of the molecule is CCCCc1ccc(-c2ccc(CC[C@H]3CC[C@H](CCCC)CC3)cn2)cc1. The second kappa shape index (κ2) is 11.4. The molecular formula is C27H39N. The van der Waals surface area contributed by atoms with Gasteiger partial charge in [-0.2, -0.15) is 0 Å². The van der Waals surface area contributed by atoms with Crippen molar-refractivity contribution < 1.29 is 0 Å². The maximum atomic E-state index is 4.75. The molecule has 0 atom stereocenters. The summed E-state index contributed by atoms with van der Waals surface area (Å²) in [7, 11) is 0. The Kier molecular flexibility index (Phi) is 8.58. The van der Waals surface area contributed by atoms with E-state index in [2.05, 4.69) is 56.4 Å². The molecule has 1 aromatic carbocycles. The van der Waals surface area contributed by atoms with Crippen molar-refractivity contribution in [2.75, 3.05) is 0 Å². The molecule has 1 aromatic heterocycles. The highest BCUT2D eigenvalue weighted by molar-refractivity contribution is 5.59. The summed E-state index contributed by atoms with van der Waals surface area (Å²) < 4.78 is 0. The Morgan fingerprint density at radius 3 is 1.96 bits per heavy atom. The van der Waals surface area contributed by atoms with E-state index in [4.69, 9.17) is 4.98 Å². The molecule has 1 saturated carbocycles. The molecule has 0 aliphatic heterocycles. The van der Waals surface area contributed by atoms with Gasteiger partial charge in [-0.15, -0.1) is 0 Å². The van der Waals surface area contributed by atoms with Gasteiger partial charge in [-0.25, -0.2) is 0 Å². The molecule has 28 heavy (non-hydrogen) atoms. The first-order valence-electron chi connectivity index (χ1n) is 11.8. The van der Waals surface area contributed by atoms with Crippen molar-refractivity contribution in [3.8, 4) is 11.3 Å². The van der Waals surface area contributed by atoms with Gasteiger partial charge in [-0.05, 0) is 54.7 Å². The van der Waals surface area contributed by atoms with E-state index >= 15 is 0 Å². The van der Waals surface area contributed by atoms with E-state index in [1.165, 1.54) is 93.7 Å². The number of aryl methyl sites for hydroxylation is 2. The predicted octanol–water partition coefficient (Wildman–Crippen LogP) is 8.02. The Morgan fingerprint density at radius 1 is 0.714 bits per heavy atom. The zero-order valence-electron chi connectivity index (χ0n) is 18.1. The van der Waals surface area contributed by atoms with Gasteiger partial charge in [0.05, 0.1) is 5.69 Å². The molecule has 1 aliphatic rings. The van der Waals surface area contributed by atoms with Gasteiger partial charge in [-0.1, -0.05) is 95.5 Å². The first-order chi connectivity index (χ1) is 13.8. The first kappa shape index (κ1) is 21.1. The van der Waals surface area contributed by atoms with Crippen molar-refractivity contribution in [2.24, 2.45) is 11.8 Å². The molecular weight excluding hydrogens is 338 g/mol. The van der Waals surface area contributed by atoms with Crippen LogP contribution in [0.4, 0.5) is 0 Å². The second-order valence-corrected chi connectivity index (χ2v) is 8.92. The van der Waals surface area contributed by atoms with E-state index in [1.807, 2.05) is 0 Å². The number of nitrogens with zero attached hydrogens (tertiary/aromatic N) is 1. The van der Waals surface area contributed by atoms with Crippen LogP contribution in [-0.2, 0) is 12.8 Å². The summed E-state index contributed by atoms with van der Waals surface area (Å²) in [6.45, 7) is 4.56. The normalized spacial score (nSPS) is 19.6. The lowest BCUT2D eigenvalue weighted by atomic mass is 9.78. The zero-order chi connectivity index (χ0) is 19.6. The molecule has 0 radical (unpaired) electrons. The molecule has 1 aliphatic carbocycles. The van der Waals surface area contributed by atoms with Crippen LogP contribution in [0.25, 0.3) is 11.3 Å². The van der Waals surface area contributed by atoms with Crippen molar-refractivity contribution in [3.63, 3.8) is 0 Å². The molecule has 1 heteroatoms. The maximum Gasteiger partial charge on any atom is 0.0702 e. The van der Waals surface area contributed by atoms with E-state index < -0.39 is 0 Å². The van der Waals surface area contributed by atoms with Crippen LogP contribution in [-0.4, -0.2) is 4.98 Å². The number of rotatable bonds is 10. The third-order valence-electron chi connectivity index (χ3n) is 6.67. The fraction of sp³-hybridized carbons (Fsp3) is 0.593. The Labute approximate surface area is 173 Å². The molecule has 0 bridgehead atoms. The van der Waals surface area contributed by atoms with Crippen LogP contribution in [0.2, 0.25) is 0 Å². The summed E-state index contributed by atoms with van der Waals surface area (Å²) in [5.74, 6) is 1.96. The Hall–Kier alpha value is -1.63. The minimum atomic E-state index is 0.938. The van der Waals surface area contributed by atoms with E-state index in [9.17, 15) is 0 Å². The monoisotopic (exact) mass is 377 g/mol. The van der Waals surface area contributed by atoms with E-state index in [0.717, 1.165) is 17.5 Å². The minimum Gasteiger partial charge on any atom is -0.256 e. The molecule has 1 fully saturated rings. The van der Waals surface area contributed by atoms with Crippen LogP contribution in [0.3, 0.4) is 0 Å². The highest BCUT2D eigenvalue weighted by Gasteiger charge is 2.20. The minimum absolute atomic E-state index is 0.938. The van der Waals surface area contributed by atoms with Crippen LogP contribution in [0.5, 0.6) is 0 Å². The molecule has 2 aromatic rings. The van der Waals surface area contributed by atoms with Crippen LogP contribution < -0.4 is 0 Å². The molecule has 0 spiro atoms. The van der Waals surface area contributed by atoms with Gasteiger partial charge in [0.2, 0.25) is 0 Å². The quantitative estimate of drug-likeness (QED) is 0.408. The van der Waals surface area contributed by atoms with Gasteiger partial charge in [-0.3, -0.25) is 4.98 Å². The predicted molar refractivity (Wildman–Crippen MR) is 122 cm³/mol.